The Balaban J connectivity index is 2.95. The molecule has 1 rings (SSSR count). The van der Waals surface area contributed by atoms with Gasteiger partial charge in [-0.2, -0.15) is 0 Å². The van der Waals surface area contributed by atoms with E-state index in [0.717, 1.165) is 19.3 Å². The van der Waals surface area contributed by atoms with Crippen molar-refractivity contribution in [2.75, 3.05) is 0 Å². The zero-order valence-electron chi connectivity index (χ0n) is 12.2. The first kappa shape index (κ1) is 18.5. The second-order valence-electron chi connectivity index (χ2n) is 5.05. The van der Waals surface area contributed by atoms with Crippen molar-refractivity contribution in [1.29, 1.82) is 0 Å². The molecular formula is C14H21BrFNO3S. The van der Waals surface area contributed by atoms with Gasteiger partial charge in [0.25, 0.3) is 0 Å². The number of hydrogen-bond acceptors (Lipinski definition) is 3. The third-order valence-electron chi connectivity index (χ3n) is 3.14. The van der Waals surface area contributed by atoms with Crippen molar-refractivity contribution >= 4 is 26.0 Å². The van der Waals surface area contributed by atoms with E-state index in [1.807, 2.05) is 0 Å². The highest BCUT2D eigenvalue weighted by atomic mass is 79.9. The summed E-state index contributed by atoms with van der Waals surface area (Å²) in [6, 6.07) is 2.30. The molecule has 1 unspecified atom stereocenters. The summed E-state index contributed by atoms with van der Waals surface area (Å²) < 4.78 is 41.5. The minimum atomic E-state index is -3.95. The fourth-order valence-corrected chi connectivity index (χ4v) is 4.10. The van der Waals surface area contributed by atoms with Crippen molar-refractivity contribution in [3.8, 4) is 0 Å². The lowest BCUT2D eigenvalue weighted by Gasteiger charge is -2.15. The molecule has 0 fully saturated rings. The van der Waals surface area contributed by atoms with Crippen LogP contribution in [0.25, 0.3) is 0 Å². The Labute approximate surface area is 133 Å². The molecule has 1 aromatic rings. The normalized spacial score (nSPS) is 13.4. The Bertz CT molecular complexity index is 578. The molecule has 0 spiro atoms. The largest absolute Gasteiger partial charge is 0.392 e. The number of rotatable bonds is 8. The van der Waals surface area contributed by atoms with Crippen LogP contribution in [-0.2, 0) is 16.6 Å². The van der Waals surface area contributed by atoms with Gasteiger partial charge >= 0.3 is 0 Å². The van der Waals surface area contributed by atoms with Crippen LogP contribution in [0.3, 0.4) is 0 Å². The van der Waals surface area contributed by atoms with Crippen molar-refractivity contribution in [2.24, 2.45) is 0 Å². The van der Waals surface area contributed by atoms with Gasteiger partial charge in [-0.25, -0.2) is 17.5 Å². The van der Waals surface area contributed by atoms with Gasteiger partial charge in [-0.15, -0.1) is 0 Å². The summed E-state index contributed by atoms with van der Waals surface area (Å²) >= 11 is 3.13. The number of halogens is 2. The van der Waals surface area contributed by atoms with Gasteiger partial charge < -0.3 is 5.11 Å². The molecule has 120 valence electrons. The summed E-state index contributed by atoms with van der Waals surface area (Å²) in [5, 5.41) is 9.08. The van der Waals surface area contributed by atoms with Crippen LogP contribution in [0.2, 0.25) is 0 Å². The number of aliphatic hydroxyl groups is 1. The molecule has 7 heteroatoms. The molecule has 0 bridgehead atoms. The van der Waals surface area contributed by atoms with Crippen molar-refractivity contribution in [1.82, 2.24) is 4.72 Å². The average molecular weight is 382 g/mol. The lowest BCUT2D eigenvalue weighted by Crippen LogP contribution is -2.33. The summed E-state index contributed by atoms with van der Waals surface area (Å²) in [5.41, 5.74) is -0.0524. The minimum Gasteiger partial charge on any atom is -0.392 e. The molecule has 0 saturated heterocycles. The highest BCUT2D eigenvalue weighted by molar-refractivity contribution is 9.10. The highest BCUT2D eigenvalue weighted by Crippen LogP contribution is 2.24. The lowest BCUT2D eigenvalue weighted by atomic mass is 10.1. The van der Waals surface area contributed by atoms with E-state index in [1.165, 1.54) is 12.1 Å². The predicted octanol–water partition coefficient (Wildman–Crippen LogP) is 3.33. The van der Waals surface area contributed by atoms with Crippen molar-refractivity contribution < 1.29 is 17.9 Å². The van der Waals surface area contributed by atoms with Crippen LogP contribution in [0.5, 0.6) is 0 Å². The molecule has 0 aromatic heterocycles. The molecule has 0 amide bonds. The Hall–Kier alpha value is -0.500. The SMILES string of the molecule is CCCCCC(C)NS(=O)(=O)c1cc(Br)cc(CO)c1F. The minimum absolute atomic E-state index is 0.0524. The molecule has 21 heavy (non-hydrogen) atoms. The summed E-state index contributed by atoms with van der Waals surface area (Å²) in [4.78, 5) is -0.441. The fourth-order valence-electron chi connectivity index (χ4n) is 2.02. The van der Waals surface area contributed by atoms with Gasteiger partial charge in [0.2, 0.25) is 10.0 Å². The van der Waals surface area contributed by atoms with Crippen LogP contribution >= 0.6 is 15.9 Å². The smallest absolute Gasteiger partial charge is 0.243 e. The summed E-state index contributed by atoms with van der Waals surface area (Å²) in [7, 11) is -3.95. The van der Waals surface area contributed by atoms with E-state index in [9.17, 15) is 12.8 Å². The van der Waals surface area contributed by atoms with E-state index in [2.05, 4.69) is 27.6 Å². The lowest BCUT2D eigenvalue weighted by molar-refractivity contribution is 0.274. The van der Waals surface area contributed by atoms with Crippen LogP contribution in [0.4, 0.5) is 4.39 Å². The van der Waals surface area contributed by atoms with Crippen LogP contribution in [0, 0.1) is 5.82 Å². The van der Waals surface area contributed by atoms with Crippen LogP contribution in [-0.4, -0.2) is 19.6 Å². The van der Waals surface area contributed by atoms with Crippen molar-refractivity contribution in [3.05, 3.63) is 28.0 Å². The molecule has 4 nitrogen and oxygen atoms in total. The van der Waals surface area contributed by atoms with Crippen molar-refractivity contribution in [3.63, 3.8) is 0 Å². The molecule has 0 saturated carbocycles. The Morgan fingerprint density at radius 2 is 2.05 bits per heavy atom. The number of aliphatic hydroxyl groups excluding tert-OH is 1. The first-order chi connectivity index (χ1) is 9.81. The third-order valence-corrected chi connectivity index (χ3v) is 5.18. The molecular weight excluding hydrogens is 361 g/mol. The second kappa shape index (κ2) is 8.22. The molecule has 0 radical (unpaired) electrons. The number of nitrogens with one attached hydrogen (secondary N) is 1. The number of hydrogen-bond donors (Lipinski definition) is 2. The van der Waals surface area contributed by atoms with E-state index in [1.54, 1.807) is 6.92 Å². The van der Waals surface area contributed by atoms with Crippen LogP contribution in [0.1, 0.15) is 45.1 Å². The molecule has 1 aromatic carbocycles. The van der Waals surface area contributed by atoms with E-state index >= 15 is 0 Å². The average Bonchev–Trinajstić information content (AvgIpc) is 2.40. The molecule has 1 atom stereocenters. The third kappa shape index (κ3) is 5.32. The zero-order valence-corrected chi connectivity index (χ0v) is 14.6. The predicted molar refractivity (Wildman–Crippen MR) is 83.9 cm³/mol. The zero-order chi connectivity index (χ0) is 16.0. The maximum Gasteiger partial charge on any atom is 0.243 e. The van der Waals surface area contributed by atoms with Gasteiger partial charge in [0.1, 0.15) is 10.7 Å². The van der Waals surface area contributed by atoms with E-state index < -0.39 is 27.3 Å². The number of unbranched alkanes of at least 4 members (excludes halogenated alkanes) is 2. The van der Waals surface area contributed by atoms with E-state index in [4.69, 9.17) is 5.11 Å². The van der Waals surface area contributed by atoms with E-state index in [-0.39, 0.29) is 11.6 Å². The maximum atomic E-state index is 14.1. The van der Waals surface area contributed by atoms with Gasteiger partial charge in [0.05, 0.1) is 6.61 Å². The summed E-state index contributed by atoms with van der Waals surface area (Å²) in [6.07, 6.45) is 3.71. The fraction of sp³-hybridized carbons (Fsp3) is 0.571. The molecule has 2 N–H and O–H groups in total. The van der Waals surface area contributed by atoms with Crippen LogP contribution in [0.15, 0.2) is 21.5 Å². The maximum absolute atomic E-state index is 14.1. The molecule has 0 heterocycles. The van der Waals surface area contributed by atoms with Gasteiger partial charge in [-0.1, -0.05) is 42.1 Å². The number of sulfonamides is 1. The van der Waals surface area contributed by atoms with E-state index in [0.29, 0.717) is 10.9 Å². The standard InChI is InChI=1S/C14H21BrFNO3S/c1-3-4-5-6-10(2)17-21(19,20)13-8-12(15)7-11(9-18)14(13)16/h7-8,10,17-18H,3-6,9H2,1-2H3. The monoisotopic (exact) mass is 381 g/mol. The van der Waals surface area contributed by atoms with Crippen LogP contribution < -0.4 is 4.72 Å². The highest BCUT2D eigenvalue weighted by Gasteiger charge is 2.23. The number of benzene rings is 1. The van der Waals surface area contributed by atoms with Gasteiger partial charge in [0, 0.05) is 16.1 Å². The molecule has 0 aliphatic carbocycles. The van der Waals surface area contributed by atoms with Crippen molar-refractivity contribution in [2.45, 2.75) is 57.1 Å². The Morgan fingerprint density at radius 3 is 2.62 bits per heavy atom. The summed E-state index contributed by atoms with van der Waals surface area (Å²) in [5.74, 6) is -0.908. The second-order valence-corrected chi connectivity index (χ2v) is 7.65. The molecule has 0 aliphatic rings. The van der Waals surface area contributed by atoms with Gasteiger partial charge in [-0.05, 0) is 25.5 Å². The van der Waals surface area contributed by atoms with Gasteiger partial charge in [0.15, 0.2) is 0 Å². The summed E-state index contributed by atoms with van der Waals surface area (Å²) in [6.45, 7) is 3.28. The Kier molecular flexibility index (Phi) is 7.26. The molecule has 0 aliphatic heterocycles. The topological polar surface area (TPSA) is 66.4 Å². The van der Waals surface area contributed by atoms with Gasteiger partial charge in [-0.3, -0.25) is 0 Å². The Morgan fingerprint density at radius 1 is 1.38 bits per heavy atom. The first-order valence-electron chi connectivity index (χ1n) is 6.93. The first-order valence-corrected chi connectivity index (χ1v) is 9.20. The quantitative estimate of drug-likeness (QED) is 0.678.